The molecule has 2 aromatic rings. The van der Waals surface area contributed by atoms with Crippen molar-refractivity contribution in [2.24, 2.45) is 5.73 Å². The first-order valence-electron chi connectivity index (χ1n) is 6.85. The minimum Gasteiger partial charge on any atom is -0.508 e. The molecule has 0 spiro atoms. The number of thiophene rings is 1. The Morgan fingerprint density at radius 1 is 1.33 bits per heavy atom. The zero-order valence-electron chi connectivity index (χ0n) is 12.0. The summed E-state index contributed by atoms with van der Waals surface area (Å²) in [5.74, 6) is -0.106. The van der Waals surface area contributed by atoms with E-state index >= 15 is 0 Å². The number of carbonyl (C=O) groups excluding carboxylic acids is 1. The number of hydrogen-bond donors (Lipinski definition) is 3. The molecular formula is C16H20N2O2S. The lowest BCUT2D eigenvalue weighted by molar-refractivity contribution is -0.124. The third-order valence-electron chi connectivity index (χ3n) is 3.63. The number of aryl methyl sites for hydroxylation is 1. The SMILES string of the molecule is CC(CCc1ccc(O)cc1)(NCc1cccs1)C(N)=O. The van der Waals surface area contributed by atoms with Crippen molar-refractivity contribution in [2.45, 2.75) is 31.8 Å². The molecule has 1 aromatic heterocycles. The van der Waals surface area contributed by atoms with Crippen LogP contribution in [0.5, 0.6) is 5.75 Å². The summed E-state index contributed by atoms with van der Waals surface area (Å²) in [4.78, 5) is 13.0. The van der Waals surface area contributed by atoms with Crippen LogP contribution in [0.2, 0.25) is 0 Å². The first-order valence-corrected chi connectivity index (χ1v) is 7.73. The molecule has 0 aliphatic heterocycles. The van der Waals surface area contributed by atoms with E-state index in [2.05, 4.69) is 5.32 Å². The maximum Gasteiger partial charge on any atom is 0.237 e. The van der Waals surface area contributed by atoms with Gasteiger partial charge in [-0.15, -0.1) is 11.3 Å². The normalized spacial score (nSPS) is 13.8. The van der Waals surface area contributed by atoms with Crippen molar-refractivity contribution in [1.29, 1.82) is 0 Å². The monoisotopic (exact) mass is 304 g/mol. The van der Waals surface area contributed by atoms with E-state index in [1.54, 1.807) is 23.5 Å². The number of aromatic hydroxyl groups is 1. The molecule has 0 fully saturated rings. The quantitative estimate of drug-likeness (QED) is 0.735. The number of primary amides is 1. The van der Waals surface area contributed by atoms with Gasteiger partial charge in [-0.3, -0.25) is 10.1 Å². The number of phenolic OH excluding ortho intramolecular Hbond substituents is 1. The van der Waals surface area contributed by atoms with Crippen LogP contribution in [-0.2, 0) is 17.8 Å². The molecule has 2 rings (SSSR count). The van der Waals surface area contributed by atoms with Crippen LogP contribution in [0.15, 0.2) is 41.8 Å². The standard InChI is InChI=1S/C16H20N2O2S/c1-16(15(17)20,18-11-14-3-2-10-21-14)9-8-12-4-6-13(19)7-5-12/h2-7,10,18-19H,8-9,11H2,1H3,(H2,17,20). The summed E-state index contributed by atoms with van der Waals surface area (Å²) in [5.41, 5.74) is 5.88. The number of hydrogen-bond acceptors (Lipinski definition) is 4. The Labute approximate surface area is 128 Å². The molecule has 5 heteroatoms. The largest absolute Gasteiger partial charge is 0.508 e. The van der Waals surface area contributed by atoms with Crippen LogP contribution < -0.4 is 11.1 Å². The highest BCUT2D eigenvalue weighted by molar-refractivity contribution is 7.09. The van der Waals surface area contributed by atoms with Gasteiger partial charge in [0, 0.05) is 11.4 Å². The molecule has 0 saturated carbocycles. The number of benzene rings is 1. The Kier molecular flexibility index (Phi) is 4.98. The van der Waals surface area contributed by atoms with Gasteiger partial charge in [0.2, 0.25) is 5.91 Å². The van der Waals surface area contributed by atoms with Gasteiger partial charge in [-0.05, 0) is 48.9 Å². The van der Waals surface area contributed by atoms with Crippen molar-refractivity contribution >= 4 is 17.2 Å². The summed E-state index contributed by atoms with van der Waals surface area (Å²) in [6.07, 6.45) is 1.33. The van der Waals surface area contributed by atoms with Crippen LogP contribution >= 0.6 is 11.3 Å². The van der Waals surface area contributed by atoms with Gasteiger partial charge in [0.25, 0.3) is 0 Å². The number of carbonyl (C=O) groups is 1. The number of phenols is 1. The molecule has 1 aromatic carbocycles. The third kappa shape index (κ3) is 4.31. The fourth-order valence-electron chi connectivity index (χ4n) is 2.05. The van der Waals surface area contributed by atoms with Crippen molar-refractivity contribution in [1.82, 2.24) is 5.32 Å². The highest BCUT2D eigenvalue weighted by atomic mass is 32.1. The van der Waals surface area contributed by atoms with Crippen LogP contribution in [0.25, 0.3) is 0 Å². The van der Waals surface area contributed by atoms with Crippen molar-refractivity contribution in [3.8, 4) is 5.75 Å². The molecule has 1 atom stereocenters. The molecule has 0 saturated heterocycles. The van der Waals surface area contributed by atoms with Crippen LogP contribution in [0.1, 0.15) is 23.8 Å². The molecular weight excluding hydrogens is 284 g/mol. The maximum atomic E-state index is 11.8. The van der Waals surface area contributed by atoms with E-state index in [0.29, 0.717) is 13.0 Å². The Balaban J connectivity index is 1.97. The average molecular weight is 304 g/mol. The fraction of sp³-hybridized carbons (Fsp3) is 0.312. The fourth-order valence-corrected chi connectivity index (χ4v) is 2.70. The van der Waals surface area contributed by atoms with Gasteiger partial charge in [-0.25, -0.2) is 0 Å². The van der Waals surface area contributed by atoms with Gasteiger partial charge in [-0.1, -0.05) is 18.2 Å². The van der Waals surface area contributed by atoms with E-state index < -0.39 is 5.54 Å². The van der Waals surface area contributed by atoms with Crippen LogP contribution in [0, 0.1) is 0 Å². The Morgan fingerprint density at radius 3 is 2.62 bits per heavy atom. The third-order valence-corrected chi connectivity index (χ3v) is 4.50. The first kappa shape index (κ1) is 15.5. The number of nitrogens with two attached hydrogens (primary N) is 1. The van der Waals surface area contributed by atoms with Gasteiger partial charge >= 0.3 is 0 Å². The van der Waals surface area contributed by atoms with Crippen molar-refractivity contribution in [2.75, 3.05) is 0 Å². The second kappa shape index (κ2) is 6.74. The van der Waals surface area contributed by atoms with Gasteiger partial charge in [0.1, 0.15) is 5.75 Å². The van der Waals surface area contributed by atoms with Gasteiger partial charge in [0.05, 0.1) is 5.54 Å². The van der Waals surface area contributed by atoms with Crippen LogP contribution in [0.3, 0.4) is 0 Å². The smallest absolute Gasteiger partial charge is 0.237 e. The second-order valence-electron chi connectivity index (χ2n) is 5.30. The van der Waals surface area contributed by atoms with Crippen molar-refractivity contribution in [3.63, 3.8) is 0 Å². The Hall–Kier alpha value is -1.85. The van der Waals surface area contributed by atoms with E-state index in [9.17, 15) is 9.90 Å². The molecule has 0 bridgehead atoms. The highest BCUT2D eigenvalue weighted by Gasteiger charge is 2.30. The van der Waals surface area contributed by atoms with Crippen LogP contribution in [0.4, 0.5) is 0 Å². The molecule has 1 unspecified atom stereocenters. The molecule has 1 heterocycles. The van der Waals surface area contributed by atoms with E-state index in [1.807, 2.05) is 36.6 Å². The Bertz CT molecular complexity index is 581. The molecule has 21 heavy (non-hydrogen) atoms. The summed E-state index contributed by atoms with van der Waals surface area (Å²) in [7, 11) is 0. The molecule has 4 N–H and O–H groups in total. The summed E-state index contributed by atoms with van der Waals surface area (Å²) in [6, 6.07) is 11.0. The van der Waals surface area contributed by atoms with Gasteiger partial charge in [-0.2, -0.15) is 0 Å². The Morgan fingerprint density at radius 2 is 2.05 bits per heavy atom. The molecule has 112 valence electrons. The minimum atomic E-state index is -0.748. The average Bonchev–Trinajstić information content (AvgIpc) is 2.98. The van der Waals surface area contributed by atoms with Crippen molar-refractivity contribution < 1.29 is 9.90 Å². The number of amides is 1. The zero-order chi connectivity index (χ0) is 15.3. The molecule has 0 aliphatic carbocycles. The van der Waals surface area contributed by atoms with E-state index in [-0.39, 0.29) is 11.7 Å². The predicted octanol–water partition coefficient (Wildman–Crippen LogP) is 2.42. The molecule has 0 aliphatic rings. The molecule has 1 amide bonds. The van der Waals surface area contributed by atoms with E-state index in [1.165, 1.54) is 4.88 Å². The summed E-state index contributed by atoms with van der Waals surface area (Å²) < 4.78 is 0. The van der Waals surface area contributed by atoms with Gasteiger partial charge in [0.15, 0.2) is 0 Å². The first-order chi connectivity index (χ1) is 9.99. The predicted molar refractivity (Wildman–Crippen MR) is 85.2 cm³/mol. The zero-order valence-corrected chi connectivity index (χ0v) is 12.8. The molecule has 4 nitrogen and oxygen atoms in total. The highest BCUT2D eigenvalue weighted by Crippen LogP contribution is 2.18. The number of nitrogens with one attached hydrogen (secondary N) is 1. The van der Waals surface area contributed by atoms with Crippen molar-refractivity contribution in [3.05, 3.63) is 52.2 Å². The van der Waals surface area contributed by atoms with Crippen LogP contribution in [-0.4, -0.2) is 16.6 Å². The summed E-state index contributed by atoms with van der Waals surface area (Å²) in [6.45, 7) is 2.47. The van der Waals surface area contributed by atoms with E-state index in [4.69, 9.17) is 5.73 Å². The lowest BCUT2D eigenvalue weighted by atomic mass is 9.92. The lowest BCUT2D eigenvalue weighted by Crippen LogP contribution is -2.52. The van der Waals surface area contributed by atoms with E-state index in [0.717, 1.165) is 12.0 Å². The lowest BCUT2D eigenvalue weighted by Gasteiger charge is -2.27. The topological polar surface area (TPSA) is 75.3 Å². The molecule has 0 radical (unpaired) electrons. The minimum absolute atomic E-state index is 0.243. The van der Waals surface area contributed by atoms with Gasteiger partial charge < -0.3 is 10.8 Å². The summed E-state index contributed by atoms with van der Waals surface area (Å²) in [5, 5.41) is 14.6. The number of rotatable bonds is 7. The maximum absolute atomic E-state index is 11.8. The summed E-state index contributed by atoms with van der Waals surface area (Å²) >= 11 is 1.65. The second-order valence-corrected chi connectivity index (χ2v) is 6.33.